The predicted octanol–water partition coefficient (Wildman–Crippen LogP) is 4.66. The summed E-state index contributed by atoms with van der Waals surface area (Å²) in [5.41, 5.74) is 8.09. The van der Waals surface area contributed by atoms with Gasteiger partial charge in [-0.2, -0.15) is 0 Å². The molecule has 32 heavy (non-hydrogen) atoms. The van der Waals surface area contributed by atoms with Crippen molar-refractivity contribution in [2.75, 3.05) is 22.9 Å². The Balaban J connectivity index is 1.25. The zero-order valence-corrected chi connectivity index (χ0v) is 18.8. The molecule has 0 fully saturated rings. The van der Waals surface area contributed by atoms with E-state index in [2.05, 4.69) is 20.9 Å². The number of para-hydroxylation sites is 3. The molecule has 0 saturated carbocycles. The van der Waals surface area contributed by atoms with Crippen molar-refractivity contribution in [3.8, 4) is 0 Å². The minimum absolute atomic E-state index is 0.0301. The molecule has 0 aliphatic heterocycles. The van der Waals surface area contributed by atoms with Crippen molar-refractivity contribution < 1.29 is 9.59 Å². The van der Waals surface area contributed by atoms with Crippen LogP contribution in [-0.4, -0.2) is 23.3 Å². The number of hydrogen-bond donors (Lipinski definition) is 4. The van der Waals surface area contributed by atoms with E-state index in [1.54, 1.807) is 18.3 Å². The van der Waals surface area contributed by atoms with Crippen molar-refractivity contribution in [1.82, 2.24) is 10.3 Å². The lowest BCUT2D eigenvalue weighted by molar-refractivity contribution is -0.116. The van der Waals surface area contributed by atoms with Crippen LogP contribution in [-0.2, 0) is 11.3 Å². The number of nitrogen functional groups attached to an aromatic ring is 1. The van der Waals surface area contributed by atoms with Gasteiger partial charge in [0, 0.05) is 29.7 Å². The molecular formula is C24H29N5O2S. The smallest absolute Gasteiger partial charge is 0.280 e. The summed E-state index contributed by atoms with van der Waals surface area (Å²) in [5, 5.41) is 9.55. The molecule has 0 saturated heterocycles. The Morgan fingerprint density at radius 3 is 2.50 bits per heavy atom. The summed E-state index contributed by atoms with van der Waals surface area (Å²) >= 11 is 1.40. The van der Waals surface area contributed by atoms with Crippen molar-refractivity contribution in [3.05, 3.63) is 70.7 Å². The Morgan fingerprint density at radius 2 is 1.69 bits per heavy atom. The molecule has 0 radical (unpaired) electrons. The average molecular weight is 452 g/mol. The molecule has 7 nitrogen and oxygen atoms in total. The van der Waals surface area contributed by atoms with Crippen molar-refractivity contribution in [2.45, 2.75) is 38.6 Å². The molecule has 0 bridgehead atoms. The molecule has 2 amide bonds. The van der Waals surface area contributed by atoms with Crippen LogP contribution in [0.3, 0.4) is 0 Å². The van der Waals surface area contributed by atoms with E-state index in [1.165, 1.54) is 11.3 Å². The number of nitrogens with one attached hydrogen (secondary N) is 3. The van der Waals surface area contributed by atoms with E-state index >= 15 is 0 Å². The fourth-order valence-corrected chi connectivity index (χ4v) is 3.87. The molecule has 8 heteroatoms. The summed E-state index contributed by atoms with van der Waals surface area (Å²) in [6.07, 6.45) is 5.75. The predicted molar refractivity (Wildman–Crippen MR) is 131 cm³/mol. The fraction of sp³-hybridized carbons (Fsp3) is 0.292. The van der Waals surface area contributed by atoms with E-state index in [-0.39, 0.29) is 11.8 Å². The van der Waals surface area contributed by atoms with Crippen molar-refractivity contribution >= 4 is 40.2 Å². The maximum Gasteiger partial charge on any atom is 0.280 e. The average Bonchev–Trinajstić information content (AvgIpc) is 3.28. The number of hydrogen-bond acceptors (Lipinski definition) is 6. The first-order valence-corrected chi connectivity index (χ1v) is 11.6. The molecule has 0 aliphatic carbocycles. The summed E-state index contributed by atoms with van der Waals surface area (Å²) in [5.74, 6) is -0.168. The highest BCUT2D eigenvalue weighted by molar-refractivity contribution is 7.13. The van der Waals surface area contributed by atoms with Crippen molar-refractivity contribution in [1.29, 1.82) is 0 Å². The topological polar surface area (TPSA) is 109 Å². The summed E-state index contributed by atoms with van der Waals surface area (Å²) in [6, 6.07) is 17.2. The second-order valence-corrected chi connectivity index (χ2v) is 8.52. The van der Waals surface area contributed by atoms with Crippen LogP contribution < -0.4 is 21.7 Å². The van der Waals surface area contributed by atoms with Gasteiger partial charge in [0.05, 0.1) is 17.9 Å². The SMILES string of the molecule is Nc1ccccc1NC(=O)CCCCCCNC(=O)c1ncc(CNc2ccccc2)s1. The lowest BCUT2D eigenvalue weighted by Gasteiger charge is -2.07. The molecule has 0 unspecified atom stereocenters. The largest absolute Gasteiger partial charge is 0.397 e. The van der Waals surface area contributed by atoms with Crippen LogP contribution >= 0.6 is 11.3 Å². The monoisotopic (exact) mass is 451 g/mol. The maximum absolute atomic E-state index is 12.3. The second kappa shape index (κ2) is 12.5. The van der Waals surface area contributed by atoms with Crippen molar-refractivity contribution in [2.24, 2.45) is 0 Å². The Labute approximate surface area is 192 Å². The van der Waals surface area contributed by atoms with Gasteiger partial charge < -0.3 is 21.7 Å². The van der Waals surface area contributed by atoms with E-state index < -0.39 is 0 Å². The number of anilines is 3. The Bertz CT molecular complexity index is 1010. The minimum Gasteiger partial charge on any atom is -0.397 e. The summed E-state index contributed by atoms with van der Waals surface area (Å²) < 4.78 is 0. The van der Waals surface area contributed by atoms with Crippen LogP contribution in [0.4, 0.5) is 17.1 Å². The Hall–Kier alpha value is -3.39. The van der Waals surface area contributed by atoms with Gasteiger partial charge in [0.15, 0.2) is 5.01 Å². The number of carbonyl (C=O) groups excluding carboxylic acids is 2. The number of unbranched alkanes of at least 4 members (excludes halogenated alkanes) is 3. The fourth-order valence-electron chi connectivity index (χ4n) is 3.10. The summed E-state index contributed by atoms with van der Waals surface area (Å²) in [6.45, 7) is 1.24. The van der Waals surface area contributed by atoms with Gasteiger partial charge in [-0.1, -0.05) is 43.2 Å². The van der Waals surface area contributed by atoms with E-state index in [9.17, 15) is 9.59 Å². The molecular weight excluding hydrogens is 422 g/mol. The number of amides is 2. The van der Waals surface area contributed by atoms with Gasteiger partial charge in [0.2, 0.25) is 5.91 Å². The Kier molecular flexibility index (Phi) is 9.06. The summed E-state index contributed by atoms with van der Waals surface area (Å²) in [7, 11) is 0. The number of nitrogens with two attached hydrogens (primary N) is 1. The Morgan fingerprint density at radius 1 is 0.938 bits per heavy atom. The lowest BCUT2D eigenvalue weighted by atomic mass is 10.1. The van der Waals surface area contributed by atoms with Crippen LogP contribution in [0.25, 0.3) is 0 Å². The quantitative estimate of drug-likeness (QED) is 0.237. The van der Waals surface area contributed by atoms with Crippen LogP contribution in [0, 0.1) is 0 Å². The molecule has 0 aliphatic rings. The number of thiazole rings is 1. The zero-order chi connectivity index (χ0) is 22.6. The third kappa shape index (κ3) is 7.70. The number of rotatable bonds is 12. The van der Waals surface area contributed by atoms with E-state index in [1.807, 2.05) is 42.5 Å². The third-order valence-corrected chi connectivity index (χ3v) is 5.84. The first kappa shape index (κ1) is 23.3. The molecule has 0 atom stereocenters. The highest BCUT2D eigenvalue weighted by Gasteiger charge is 2.10. The number of benzene rings is 2. The van der Waals surface area contributed by atoms with Gasteiger partial charge in [-0.05, 0) is 37.1 Å². The molecule has 0 spiro atoms. The van der Waals surface area contributed by atoms with Crippen LogP contribution in [0.5, 0.6) is 0 Å². The van der Waals surface area contributed by atoms with Crippen LogP contribution in [0.2, 0.25) is 0 Å². The first-order chi connectivity index (χ1) is 15.6. The van der Waals surface area contributed by atoms with Crippen LogP contribution in [0.1, 0.15) is 46.8 Å². The molecule has 1 aromatic heterocycles. The number of carbonyl (C=O) groups is 2. The van der Waals surface area contributed by atoms with Gasteiger partial charge in [-0.25, -0.2) is 4.98 Å². The van der Waals surface area contributed by atoms with Gasteiger partial charge in [0.1, 0.15) is 0 Å². The molecule has 168 valence electrons. The van der Waals surface area contributed by atoms with Crippen molar-refractivity contribution in [3.63, 3.8) is 0 Å². The van der Waals surface area contributed by atoms with Gasteiger partial charge >= 0.3 is 0 Å². The van der Waals surface area contributed by atoms with Gasteiger partial charge in [-0.15, -0.1) is 11.3 Å². The van der Waals surface area contributed by atoms with Gasteiger partial charge in [0.25, 0.3) is 5.91 Å². The number of nitrogens with zero attached hydrogens (tertiary/aromatic N) is 1. The number of aromatic nitrogens is 1. The van der Waals surface area contributed by atoms with E-state index in [4.69, 9.17) is 5.73 Å². The highest BCUT2D eigenvalue weighted by Crippen LogP contribution is 2.18. The molecule has 2 aromatic carbocycles. The zero-order valence-electron chi connectivity index (χ0n) is 18.0. The molecule has 3 aromatic rings. The van der Waals surface area contributed by atoms with E-state index in [0.29, 0.717) is 35.9 Å². The highest BCUT2D eigenvalue weighted by atomic mass is 32.1. The maximum atomic E-state index is 12.3. The minimum atomic E-state index is -0.138. The molecule has 5 N–H and O–H groups in total. The van der Waals surface area contributed by atoms with Crippen LogP contribution in [0.15, 0.2) is 60.8 Å². The standard InChI is InChI=1S/C24H29N5O2S/c25-20-12-7-8-13-21(20)29-22(30)14-6-1-2-9-15-26-23(31)24-28-17-19(32-24)16-27-18-10-4-3-5-11-18/h3-5,7-8,10-13,17,27H,1-2,6,9,14-16,25H2,(H,26,31)(H,29,30). The third-order valence-electron chi connectivity index (χ3n) is 4.84. The first-order valence-electron chi connectivity index (χ1n) is 10.8. The lowest BCUT2D eigenvalue weighted by Crippen LogP contribution is -2.24. The molecule has 3 rings (SSSR count). The summed E-state index contributed by atoms with van der Waals surface area (Å²) in [4.78, 5) is 29.5. The van der Waals surface area contributed by atoms with Gasteiger partial charge in [-0.3, -0.25) is 9.59 Å². The molecule has 1 heterocycles. The van der Waals surface area contributed by atoms with E-state index in [0.717, 1.165) is 36.2 Å². The normalized spacial score (nSPS) is 10.5. The second-order valence-electron chi connectivity index (χ2n) is 7.41.